The minimum absolute atomic E-state index is 0.224. The maximum absolute atomic E-state index is 9.17. The number of aryl methyl sites for hydroxylation is 1. The molecule has 0 spiro atoms. The normalized spacial score (nSPS) is 11.5. The van der Waals surface area contributed by atoms with E-state index in [1.54, 1.807) is 0 Å². The van der Waals surface area contributed by atoms with Crippen LogP contribution in [0.15, 0.2) is 97.3 Å². The van der Waals surface area contributed by atoms with Gasteiger partial charge in [0, 0.05) is 12.3 Å². The van der Waals surface area contributed by atoms with Crippen LogP contribution in [0.1, 0.15) is 40.9 Å². The Labute approximate surface area is 178 Å². The van der Waals surface area contributed by atoms with Gasteiger partial charge in [0.15, 0.2) is 0 Å². The van der Waals surface area contributed by atoms with Crippen LogP contribution < -0.4 is 0 Å². The third-order valence-corrected chi connectivity index (χ3v) is 5.87. The molecule has 3 aromatic carbocycles. The smallest absolute Gasteiger partial charge is 0.121 e. The Hall–Kier alpha value is -3.17. The van der Waals surface area contributed by atoms with Gasteiger partial charge in [0.05, 0.1) is 12.0 Å². The molecule has 0 aliphatic carbocycles. The molecule has 4 aromatic rings. The van der Waals surface area contributed by atoms with E-state index in [4.69, 9.17) is 10.1 Å². The van der Waals surface area contributed by atoms with Gasteiger partial charge in [0.1, 0.15) is 5.54 Å². The molecule has 152 valence electrons. The molecule has 0 radical (unpaired) electrons. The fourth-order valence-electron chi connectivity index (χ4n) is 4.39. The molecule has 30 heavy (non-hydrogen) atoms. The third-order valence-electron chi connectivity index (χ3n) is 5.87. The second-order valence-electron chi connectivity index (χ2n) is 7.64. The van der Waals surface area contributed by atoms with E-state index >= 15 is 0 Å². The fourth-order valence-corrected chi connectivity index (χ4v) is 4.39. The summed E-state index contributed by atoms with van der Waals surface area (Å²) >= 11 is 0. The molecular formula is C27H28N2O. The van der Waals surface area contributed by atoms with Gasteiger partial charge in [0.25, 0.3) is 0 Å². The number of imidazole rings is 1. The molecule has 0 unspecified atom stereocenters. The molecule has 1 aromatic heterocycles. The van der Waals surface area contributed by atoms with Crippen molar-refractivity contribution in [3.05, 3.63) is 125 Å². The number of hydrogen-bond acceptors (Lipinski definition) is 2. The van der Waals surface area contributed by atoms with Gasteiger partial charge < -0.3 is 9.67 Å². The average molecular weight is 397 g/mol. The summed E-state index contributed by atoms with van der Waals surface area (Å²) in [5.41, 5.74) is 5.33. The van der Waals surface area contributed by atoms with E-state index in [1.807, 2.05) is 6.33 Å². The van der Waals surface area contributed by atoms with E-state index in [9.17, 15) is 0 Å². The van der Waals surface area contributed by atoms with Crippen LogP contribution in [0.3, 0.4) is 0 Å². The number of aliphatic hydroxyl groups excluding tert-OH is 1. The summed E-state index contributed by atoms with van der Waals surface area (Å²) in [7, 11) is 0. The molecule has 1 heterocycles. The topological polar surface area (TPSA) is 38.1 Å². The lowest BCUT2D eigenvalue weighted by atomic mass is 9.76. The SMILES string of the molecule is Cc1c(CCCCO)ncn1C(c1ccccc1)(c1ccccc1)c1ccccc1. The number of unbranched alkanes of at least 4 members (excludes halogenated alkanes) is 1. The second kappa shape index (κ2) is 9.10. The van der Waals surface area contributed by atoms with Crippen LogP contribution >= 0.6 is 0 Å². The van der Waals surface area contributed by atoms with Gasteiger partial charge in [0.2, 0.25) is 0 Å². The first kappa shape index (κ1) is 20.1. The first-order chi connectivity index (χ1) is 14.8. The van der Waals surface area contributed by atoms with Crippen molar-refractivity contribution < 1.29 is 5.11 Å². The molecule has 3 heteroatoms. The van der Waals surface area contributed by atoms with Crippen molar-refractivity contribution in [2.24, 2.45) is 0 Å². The number of hydrogen-bond donors (Lipinski definition) is 1. The van der Waals surface area contributed by atoms with Crippen molar-refractivity contribution in [2.75, 3.05) is 6.61 Å². The van der Waals surface area contributed by atoms with E-state index in [1.165, 1.54) is 16.7 Å². The van der Waals surface area contributed by atoms with Crippen molar-refractivity contribution in [3.63, 3.8) is 0 Å². The first-order valence-electron chi connectivity index (χ1n) is 10.6. The summed E-state index contributed by atoms with van der Waals surface area (Å²) in [6.45, 7) is 2.38. The van der Waals surface area contributed by atoms with Crippen LogP contribution in [0.25, 0.3) is 0 Å². The van der Waals surface area contributed by atoms with Gasteiger partial charge in [-0.3, -0.25) is 0 Å². The van der Waals surface area contributed by atoms with Crippen molar-refractivity contribution in [3.8, 4) is 0 Å². The van der Waals surface area contributed by atoms with Gasteiger partial charge in [-0.25, -0.2) is 4.98 Å². The van der Waals surface area contributed by atoms with E-state index in [0.717, 1.165) is 30.7 Å². The molecule has 0 fully saturated rings. The number of benzene rings is 3. The maximum Gasteiger partial charge on any atom is 0.121 e. The Kier molecular flexibility index (Phi) is 6.10. The van der Waals surface area contributed by atoms with Crippen LogP contribution in [0.2, 0.25) is 0 Å². The number of nitrogens with zero attached hydrogens (tertiary/aromatic N) is 2. The van der Waals surface area contributed by atoms with Gasteiger partial charge in [-0.15, -0.1) is 0 Å². The summed E-state index contributed by atoms with van der Waals surface area (Å²) in [6, 6.07) is 32.0. The van der Waals surface area contributed by atoms with E-state index < -0.39 is 5.54 Å². The lowest BCUT2D eigenvalue weighted by Crippen LogP contribution is -2.38. The third kappa shape index (κ3) is 3.57. The van der Waals surface area contributed by atoms with Gasteiger partial charge in [-0.2, -0.15) is 0 Å². The molecule has 0 saturated carbocycles. The molecule has 0 bridgehead atoms. The van der Waals surface area contributed by atoms with E-state index in [0.29, 0.717) is 0 Å². The maximum atomic E-state index is 9.17. The zero-order valence-electron chi connectivity index (χ0n) is 17.4. The molecular weight excluding hydrogens is 368 g/mol. The van der Waals surface area contributed by atoms with E-state index in [2.05, 4.69) is 102 Å². The highest BCUT2D eigenvalue weighted by atomic mass is 16.2. The van der Waals surface area contributed by atoms with E-state index in [-0.39, 0.29) is 6.61 Å². The van der Waals surface area contributed by atoms with Crippen LogP contribution in [-0.2, 0) is 12.0 Å². The number of aliphatic hydroxyl groups is 1. The largest absolute Gasteiger partial charge is 0.396 e. The molecule has 0 atom stereocenters. The first-order valence-corrected chi connectivity index (χ1v) is 10.6. The quantitative estimate of drug-likeness (QED) is 0.322. The van der Waals surface area contributed by atoms with Crippen molar-refractivity contribution in [1.29, 1.82) is 0 Å². The zero-order valence-corrected chi connectivity index (χ0v) is 17.4. The van der Waals surface area contributed by atoms with Crippen molar-refractivity contribution in [1.82, 2.24) is 9.55 Å². The lowest BCUT2D eigenvalue weighted by molar-refractivity contribution is 0.284. The van der Waals surface area contributed by atoms with Crippen LogP contribution in [0.4, 0.5) is 0 Å². The Morgan fingerprint density at radius 2 is 1.20 bits per heavy atom. The lowest BCUT2D eigenvalue weighted by Gasteiger charge is -2.38. The molecule has 4 rings (SSSR count). The minimum Gasteiger partial charge on any atom is -0.396 e. The number of aromatic nitrogens is 2. The Morgan fingerprint density at radius 3 is 1.63 bits per heavy atom. The highest BCUT2D eigenvalue weighted by Gasteiger charge is 2.39. The standard InChI is InChI=1S/C27H28N2O/c1-22-26(19-11-12-20-30)28-21-29(22)27(23-13-5-2-6-14-23,24-15-7-3-8-16-24)25-17-9-4-10-18-25/h2-10,13-18,21,30H,11-12,19-20H2,1H3. The van der Waals surface area contributed by atoms with Crippen LogP contribution in [-0.4, -0.2) is 21.3 Å². The fraction of sp³-hybridized carbons (Fsp3) is 0.222. The molecule has 0 aliphatic heterocycles. The van der Waals surface area contributed by atoms with Gasteiger partial charge >= 0.3 is 0 Å². The number of rotatable bonds is 8. The monoisotopic (exact) mass is 396 g/mol. The molecule has 1 N–H and O–H groups in total. The van der Waals surface area contributed by atoms with Crippen molar-refractivity contribution >= 4 is 0 Å². The summed E-state index contributed by atoms with van der Waals surface area (Å²) in [5, 5.41) is 9.17. The molecule has 0 amide bonds. The highest BCUT2D eigenvalue weighted by molar-refractivity contribution is 5.51. The Balaban J connectivity index is 1.99. The summed E-state index contributed by atoms with van der Waals surface area (Å²) < 4.78 is 2.32. The molecule has 3 nitrogen and oxygen atoms in total. The predicted molar refractivity (Wildman–Crippen MR) is 122 cm³/mol. The summed E-state index contributed by atoms with van der Waals surface area (Å²) in [5.74, 6) is 0. The Morgan fingerprint density at radius 1 is 0.733 bits per heavy atom. The summed E-state index contributed by atoms with van der Waals surface area (Å²) in [4.78, 5) is 4.81. The minimum atomic E-state index is -0.518. The van der Waals surface area contributed by atoms with Crippen LogP contribution in [0, 0.1) is 6.92 Å². The van der Waals surface area contributed by atoms with Gasteiger partial charge in [-0.05, 0) is 42.9 Å². The average Bonchev–Trinajstić information content (AvgIpc) is 3.17. The predicted octanol–water partition coefficient (Wildman–Crippen LogP) is 5.35. The van der Waals surface area contributed by atoms with Gasteiger partial charge in [-0.1, -0.05) is 91.0 Å². The second-order valence-corrected chi connectivity index (χ2v) is 7.64. The molecule has 0 saturated heterocycles. The highest BCUT2D eigenvalue weighted by Crippen LogP contribution is 2.41. The van der Waals surface area contributed by atoms with Crippen molar-refractivity contribution in [2.45, 2.75) is 31.7 Å². The summed E-state index contributed by atoms with van der Waals surface area (Å²) in [6.07, 6.45) is 4.58. The molecule has 0 aliphatic rings. The zero-order chi connectivity index (χ0) is 20.8. The van der Waals surface area contributed by atoms with Crippen LogP contribution in [0.5, 0.6) is 0 Å². The Bertz CT molecular complexity index is 959.